The fraction of sp³-hybridized carbons (Fsp3) is 0.111. The van der Waals surface area contributed by atoms with Crippen LogP contribution < -0.4 is 15.6 Å². The molecule has 3 aromatic rings. The van der Waals surface area contributed by atoms with Crippen LogP contribution in [0.15, 0.2) is 54.7 Å². The molecular weight excluding hydrogens is 338 g/mol. The summed E-state index contributed by atoms with van der Waals surface area (Å²) in [5.41, 5.74) is 6.17. The van der Waals surface area contributed by atoms with Crippen molar-refractivity contribution in [1.82, 2.24) is 15.8 Å². The highest BCUT2D eigenvalue weighted by Crippen LogP contribution is 2.36. The Bertz CT molecular complexity index is 857. The molecule has 0 spiro atoms. The lowest BCUT2D eigenvalue weighted by Gasteiger charge is -2.07. The molecule has 2 heterocycles. The molecule has 0 unspecified atom stereocenters. The molecule has 0 atom stereocenters. The molecular formula is C18H17N3O3S. The zero-order valence-electron chi connectivity index (χ0n) is 13.5. The smallest absolute Gasteiger partial charge is 0.286 e. The fourth-order valence-electron chi connectivity index (χ4n) is 2.25. The van der Waals surface area contributed by atoms with Gasteiger partial charge >= 0.3 is 0 Å². The van der Waals surface area contributed by atoms with E-state index in [1.54, 1.807) is 18.3 Å². The lowest BCUT2D eigenvalue weighted by atomic mass is 10.2. The van der Waals surface area contributed by atoms with Crippen LogP contribution in [0.5, 0.6) is 5.75 Å². The molecule has 0 fully saturated rings. The summed E-state index contributed by atoms with van der Waals surface area (Å²) in [6, 6.07) is 14.9. The third-order valence-corrected chi connectivity index (χ3v) is 4.56. The predicted molar refractivity (Wildman–Crippen MR) is 96.6 cm³/mol. The van der Waals surface area contributed by atoms with Gasteiger partial charge in [0.15, 0.2) is 0 Å². The average Bonchev–Trinajstić information content (AvgIpc) is 3.30. The third-order valence-electron chi connectivity index (χ3n) is 3.39. The first-order valence-electron chi connectivity index (χ1n) is 7.75. The molecule has 3 N–H and O–H groups in total. The normalized spacial score (nSPS) is 10.3. The van der Waals surface area contributed by atoms with Crippen molar-refractivity contribution < 1.29 is 14.3 Å². The molecule has 0 aliphatic rings. The first kappa shape index (κ1) is 16.8. The Kier molecular flexibility index (Phi) is 5.15. The minimum Gasteiger partial charge on any atom is -0.492 e. The highest BCUT2D eigenvalue weighted by molar-refractivity contribution is 7.17. The van der Waals surface area contributed by atoms with Crippen molar-refractivity contribution in [3.63, 3.8) is 0 Å². The van der Waals surface area contributed by atoms with Gasteiger partial charge in [0.1, 0.15) is 16.3 Å². The van der Waals surface area contributed by atoms with Crippen LogP contribution >= 0.6 is 11.3 Å². The van der Waals surface area contributed by atoms with E-state index in [2.05, 4.69) is 15.8 Å². The number of carbonyl (C=O) groups excluding carboxylic acids is 2. The molecule has 2 aromatic heterocycles. The van der Waals surface area contributed by atoms with E-state index in [4.69, 9.17) is 4.74 Å². The van der Waals surface area contributed by atoms with Crippen molar-refractivity contribution in [2.75, 3.05) is 6.61 Å². The first-order chi connectivity index (χ1) is 12.2. The molecule has 2 amide bonds. The second-order valence-corrected chi connectivity index (χ2v) is 6.15. The molecule has 128 valence electrons. The van der Waals surface area contributed by atoms with Crippen molar-refractivity contribution in [3.8, 4) is 16.2 Å². The summed E-state index contributed by atoms with van der Waals surface area (Å²) in [6.45, 7) is 2.30. The molecule has 0 aliphatic heterocycles. The summed E-state index contributed by atoms with van der Waals surface area (Å²) < 4.78 is 5.57. The molecule has 0 aliphatic carbocycles. The number of carbonyl (C=O) groups is 2. The van der Waals surface area contributed by atoms with Crippen LogP contribution in [0.4, 0.5) is 0 Å². The Labute approximate surface area is 148 Å². The number of rotatable bonds is 5. The van der Waals surface area contributed by atoms with Crippen LogP contribution in [0.25, 0.3) is 10.4 Å². The van der Waals surface area contributed by atoms with Crippen molar-refractivity contribution >= 4 is 23.2 Å². The molecule has 1 aromatic carbocycles. The molecule has 0 saturated carbocycles. The maximum Gasteiger partial charge on any atom is 0.286 e. The van der Waals surface area contributed by atoms with Gasteiger partial charge in [-0.1, -0.05) is 30.3 Å². The van der Waals surface area contributed by atoms with E-state index in [0.717, 1.165) is 10.4 Å². The summed E-state index contributed by atoms with van der Waals surface area (Å²) in [5.74, 6) is -0.343. The zero-order valence-corrected chi connectivity index (χ0v) is 14.4. The molecule has 3 rings (SSSR count). The lowest BCUT2D eigenvalue weighted by molar-refractivity contribution is 0.0844. The Morgan fingerprint density at radius 3 is 2.52 bits per heavy atom. The first-order valence-corrected chi connectivity index (χ1v) is 8.56. The number of hydrazine groups is 1. The SMILES string of the molecule is CCOc1cc(-c2ccccc2)sc1C(=O)NNC(=O)c1ccc[nH]1. The molecule has 25 heavy (non-hydrogen) atoms. The second kappa shape index (κ2) is 7.67. The number of hydrogen-bond acceptors (Lipinski definition) is 4. The summed E-state index contributed by atoms with van der Waals surface area (Å²) in [6.07, 6.45) is 1.63. The van der Waals surface area contributed by atoms with Gasteiger partial charge in [-0.25, -0.2) is 0 Å². The van der Waals surface area contributed by atoms with Crippen LogP contribution in [0.2, 0.25) is 0 Å². The molecule has 0 bridgehead atoms. The van der Waals surface area contributed by atoms with Gasteiger partial charge < -0.3 is 9.72 Å². The van der Waals surface area contributed by atoms with Gasteiger partial charge in [-0.15, -0.1) is 11.3 Å². The van der Waals surface area contributed by atoms with E-state index in [1.165, 1.54) is 11.3 Å². The number of H-pyrrole nitrogens is 1. The number of ether oxygens (including phenoxy) is 1. The summed E-state index contributed by atoms with van der Waals surface area (Å²) in [4.78, 5) is 28.5. The second-order valence-electron chi connectivity index (χ2n) is 5.10. The Hall–Kier alpha value is -3.06. The monoisotopic (exact) mass is 355 g/mol. The molecule has 0 saturated heterocycles. The van der Waals surface area contributed by atoms with Crippen LogP contribution in [0, 0.1) is 0 Å². The minimum atomic E-state index is -0.421. The van der Waals surface area contributed by atoms with Gasteiger partial charge in [0.2, 0.25) is 0 Å². The summed E-state index contributed by atoms with van der Waals surface area (Å²) >= 11 is 1.31. The molecule has 7 heteroatoms. The zero-order chi connectivity index (χ0) is 17.6. The number of hydrogen-bond donors (Lipinski definition) is 3. The van der Waals surface area contributed by atoms with E-state index >= 15 is 0 Å². The number of aromatic nitrogens is 1. The highest BCUT2D eigenvalue weighted by atomic mass is 32.1. The van der Waals surface area contributed by atoms with Crippen LogP contribution in [-0.4, -0.2) is 23.4 Å². The summed E-state index contributed by atoms with van der Waals surface area (Å²) in [7, 11) is 0. The van der Waals surface area contributed by atoms with E-state index in [9.17, 15) is 9.59 Å². The Morgan fingerprint density at radius 1 is 1.08 bits per heavy atom. The Morgan fingerprint density at radius 2 is 1.84 bits per heavy atom. The van der Waals surface area contributed by atoms with E-state index in [1.807, 2.05) is 43.3 Å². The molecule has 6 nitrogen and oxygen atoms in total. The van der Waals surface area contributed by atoms with Crippen LogP contribution in [0.1, 0.15) is 27.1 Å². The van der Waals surface area contributed by atoms with Crippen molar-refractivity contribution in [2.24, 2.45) is 0 Å². The summed E-state index contributed by atoms with van der Waals surface area (Å²) in [5, 5.41) is 0. The maximum absolute atomic E-state index is 12.5. The maximum atomic E-state index is 12.5. The number of amides is 2. The van der Waals surface area contributed by atoms with Crippen molar-refractivity contribution in [2.45, 2.75) is 6.92 Å². The van der Waals surface area contributed by atoms with Crippen LogP contribution in [-0.2, 0) is 0 Å². The van der Waals surface area contributed by atoms with E-state index in [-0.39, 0.29) is 0 Å². The minimum absolute atomic E-state index is 0.362. The van der Waals surface area contributed by atoms with Gasteiger partial charge in [0.25, 0.3) is 11.8 Å². The van der Waals surface area contributed by atoms with Crippen molar-refractivity contribution in [3.05, 3.63) is 65.3 Å². The number of nitrogens with one attached hydrogen (secondary N) is 3. The van der Waals surface area contributed by atoms with Gasteiger partial charge in [-0.2, -0.15) is 0 Å². The Balaban J connectivity index is 1.76. The standard InChI is InChI=1S/C18H17N3O3S/c1-2-24-14-11-15(12-7-4-3-5-8-12)25-16(14)18(23)21-20-17(22)13-9-6-10-19-13/h3-11,19H,2H2,1H3,(H,20,22)(H,21,23). The van der Waals surface area contributed by atoms with Gasteiger partial charge in [-0.05, 0) is 30.7 Å². The van der Waals surface area contributed by atoms with Gasteiger partial charge in [0, 0.05) is 11.1 Å². The van der Waals surface area contributed by atoms with Crippen molar-refractivity contribution in [1.29, 1.82) is 0 Å². The van der Waals surface area contributed by atoms with Gasteiger partial charge in [0.05, 0.1) is 6.61 Å². The highest BCUT2D eigenvalue weighted by Gasteiger charge is 2.19. The van der Waals surface area contributed by atoms with Gasteiger partial charge in [-0.3, -0.25) is 20.4 Å². The number of thiophene rings is 1. The third kappa shape index (κ3) is 3.89. The van der Waals surface area contributed by atoms with E-state index < -0.39 is 11.8 Å². The average molecular weight is 355 g/mol. The predicted octanol–water partition coefficient (Wildman–Crippen LogP) is 3.22. The largest absolute Gasteiger partial charge is 0.492 e. The van der Waals surface area contributed by atoms with Crippen LogP contribution in [0.3, 0.4) is 0 Å². The number of aromatic amines is 1. The lowest BCUT2D eigenvalue weighted by Crippen LogP contribution is -2.41. The molecule has 0 radical (unpaired) electrons. The topological polar surface area (TPSA) is 83.2 Å². The fourth-order valence-corrected chi connectivity index (χ4v) is 3.25. The quantitative estimate of drug-likeness (QED) is 0.615. The van der Waals surface area contributed by atoms with E-state index in [0.29, 0.717) is 22.9 Å². The number of benzene rings is 1.